The summed E-state index contributed by atoms with van der Waals surface area (Å²) in [5, 5.41) is 6.27. The number of ether oxygens (including phenoxy) is 1. The Hall–Kier alpha value is -3.11. The largest absolute Gasteiger partial charge is 0.489 e. The Kier molecular flexibility index (Phi) is 6.82. The molecule has 0 aromatic heterocycles. The van der Waals surface area contributed by atoms with Crippen molar-refractivity contribution in [2.24, 2.45) is 0 Å². The first-order chi connectivity index (χ1) is 13.6. The van der Waals surface area contributed by atoms with Crippen molar-refractivity contribution in [3.05, 3.63) is 96.1 Å². The number of hydrogen-bond donors (Lipinski definition) is 2. The average molecular weight is 374 g/mol. The van der Waals surface area contributed by atoms with E-state index in [0.717, 1.165) is 22.6 Å². The van der Waals surface area contributed by atoms with E-state index in [2.05, 4.69) is 29.7 Å². The van der Waals surface area contributed by atoms with Crippen LogP contribution in [0.4, 0.5) is 5.69 Å². The third-order valence-corrected chi connectivity index (χ3v) is 4.56. The molecule has 1 amide bonds. The van der Waals surface area contributed by atoms with Crippen molar-refractivity contribution in [2.75, 3.05) is 5.32 Å². The maximum atomic E-state index is 12.5. The van der Waals surface area contributed by atoms with E-state index >= 15 is 0 Å². The molecule has 0 fully saturated rings. The topological polar surface area (TPSA) is 50.4 Å². The van der Waals surface area contributed by atoms with Crippen LogP contribution >= 0.6 is 0 Å². The predicted molar refractivity (Wildman–Crippen MR) is 113 cm³/mol. The summed E-state index contributed by atoms with van der Waals surface area (Å²) >= 11 is 0. The zero-order valence-electron chi connectivity index (χ0n) is 16.3. The first-order valence-electron chi connectivity index (χ1n) is 9.50. The van der Waals surface area contributed by atoms with Gasteiger partial charge in [-0.25, -0.2) is 0 Å². The van der Waals surface area contributed by atoms with Gasteiger partial charge in [-0.1, -0.05) is 60.7 Å². The van der Waals surface area contributed by atoms with Crippen molar-refractivity contribution in [3.63, 3.8) is 0 Å². The lowest BCUT2D eigenvalue weighted by Crippen LogP contribution is -2.39. The van der Waals surface area contributed by atoms with Crippen LogP contribution < -0.4 is 15.4 Å². The molecule has 4 nitrogen and oxygen atoms in total. The van der Waals surface area contributed by atoms with Crippen molar-refractivity contribution in [1.82, 2.24) is 5.32 Å². The van der Waals surface area contributed by atoms with E-state index in [1.807, 2.05) is 79.7 Å². The molecule has 0 unspecified atom stereocenters. The summed E-state index contributed by atoms with van der Waals surface area (Å²) in [7, 11) is 0. The Morgan fingerprint density at radius 1 is 0.857 bits per heavy atom. The predicted octanol–water partition coefficient (Wildman–Crippen LogP) is 4.94. The molecule has 0 aliphatic carbocycles. The van der Waals surface area contributed by atoms with E-state index in [4.69, 9.17) is 4.74 Å². The summed E-state index contributed by atoms with van der Waals surface area (Å²) in [6.07, 6.45) is 0. The van der Waals surface area contributed by atoms with Gasteiger partial charge < -0.3 is 10.1 Å². The molecule has 3 aromatic carbocycles. The fraction of sp³-hybridized carbons (Fsp3) is 0.208. The molecule has 0 aliphatic rings. The van der Waals surface area contributed by atoms with Crippen molar-refractivity contribution in [2.45, 2.75) is 32.5 Å². The molecule has 0 bridgehead atoms. The summed E-state index contributed by atoms with van der Waals surface area (Å²) in [4.78, 5) is 12.5. The van der Waals surface area contributed by atoms with Crippen LogP contribution in [-0.2, 0) is 11.4 Å². The summed E-state index contributed by atoms with van der Waals surface area (Å²) in [5.74, 6) is 0.700. The molecule has 144 valence electrons. The molecule has 3 rings (SSSR count). The first kappa shape index (κ1) is 19.6. The van der Waals surface area contributed by atoms with E-state index in [1.54, 1.807) is 0 Å². The SMILES string of the molecule is C[C@@H](N[C@H](C)c1ccccc1)C(=O)Nc1ccc(OCc2ccccc2)cc1. The van der Waals surface area contributed by atoms with Gasteiger partial charge >= 0.3 is 0 Å². The molecule has 0 saturated heterocycles. The highest BCUT2D eigenvalue weighted by molar-refractivity contribution is 5.94. The molecule has 0 spiro atoms. The van der Waals surface area contributed by atoms with E-state index < -0.39 is 0 Å². The highest BCUT2D eigenvalue weighted by Crippen LogP contribution is 2.18. The minimum atomic E-state index is -0.316. The minimum Gasteiger partial charge on any atom is -0.489 e. The fourth-order valence-electron chi connectivity index (χ4n) is 2.91. The lowest BCUT2D eigenvalue weighted by atomic mass is 10.1. The summed E-state index contributed by atoms with van der Waals surface area (Å²) in [6, 6.07) is 27.3. The third kappa shape index (κ3) is 5.69. The highest BCUT2D eigenvalue weighted by atomic mass is 16.5. The van der Waals surface area contributed by atoms with E-state index in [9.17, 15) is 4.79 Å². The lowest BCUT2D eigenvalue weighted by Gasteiger charge is -2.20. The maximum Gasteiger partial charge on any atom is 0.241 e. The second-order valence-corrected chi connectivity index (χ2v) is 6.81. The van der Waals surface area contributed by atoms with E-state index in [-0.39, 0.29) is 18.0 Å². The van der Waals surface area contributed by atoms with Gasteiger partial charge in [-0.2, -0.15) is 0 Å². The number of rotatable bonds is 8. The van der Waals surface area contributed by atoms with Gasteiger partial charge in [-0.3, -0.25) is 10.1 Å². The Morgan fingerprint density at radius 2 is 1.46 bits per heavy atom. The number of amides is 1. The highest BCUT2D eigenvalue weighted by Gasteiger charge is 2.16. The number of anilines is 1. The van der Waals surface area contributed by atoms with Gasteiger partial charge in [0.05, 0.1) is 6.04 Å². The Balaban J connectivity index is 1.49. The molecule has 0 aliphatic heterocycles. The van der Waals surface area contributed by atoms with Crippen molar-refractivity contribution in [3.8, 4) is 5.75 Å². The molecular weight excluding hydrogens is 348 g/mol. The lowest BCUT2D eigenvalue weighted by molar-refractivity contribution is -0.117. The fourth-order valence-corrected chi connectivity index (χ4v) is 2.91. The molecule has 28 heavy (non-hydrogen) atoms. The maximum absolute atomic E-state index is 12.5. The normalized spacial score (nSPS) is 12.8. The molecule has 2 atom stereocenters. The number of carbonyl (C=O) groups is 1. The van der Waals surface area contributed by atoms with Crippen LogP contribution in [0.25, 0.3) is 0 Å². The summed E-state index contributed by atoms with van der Waals surface area (Å²) in [6.45, 7) is 4.44. The number of nitrogens with one attached hydrogen (secondary N) is 2. The monoisotopic (exact) mass is 374 g/mol. The van der Waals surface area contributed by atoms with Crippen LogP contribution in [0, 0.1) is 0 Å². The van der Waals surface area contributed by atoms with Crippen LogP contribution in [0.15, 0.2) is 84.9 Å². The Labute approximate surface area is 166 Å². The van der Waals surface area contributed by atoms with Gasteiger partial charge in [0.1, 0.15) is 12.4 Å². The van der Waals surface area contributed by atoms with Crippen molar-refractivity contribution < 1.29 is 9.53 Å². The van der Waals surface area contributed by atoms with Crippen LogP contribution in [0.2, 0.25) is 0 Å². The second-order valence-electron chi connectivity index (χ2n) is 6.81. The minimum absolute atomic E-state index is 0.0688. The molecule has 0 radical (unpaired) electrons. The van der Waals surface area contributed by atoms with Gasteiger partial charge in [0.15, 0.2) is 0 Å². The molecule has 0 heterocycles. The zero-order chi connectivity index (χ0) is 19.8. The van der Waals surface area contributed by atoms with E-state index in [0.29, 0.717) is 6.61 Å². The van der Waals surface area contributed by atoms with Gasteiger partial charge in [0.25, 0.3) is 0 Å². The summed E-state index contributed by atoms with van der Waals surface area (Å²) in [5.41, 5.74) is 3.02. The van der Waals surface area contributed by atoms with Gasteiger partial charge in [0.2, 0.25) is 5.91 Å². The first-order valence-corrected chi connectivity index (χ1v) is 9.50. The van der Waals surface area contributed by atoms with Crippen molar-refractivity contribution >= 4 is 11.6 Å². The number of hydrogen-bond acceptors (Lipinski definition) is 3. The molecule has 2 N–H and O–H groups in total. The molecule has 4 heteroatoms. The summed E-state index contributed by atoms with van der Waals surface area (Å²) < 4.78 is 5.78. The second kappa shape index (κ2) is 9.72. The average Bonchev–Trinajstić information content (AvgIpc) is 2.74. The van der Waals surface area contributed by atoms with Crippen LogP contribution in [-0.4, -0.2) is 11.9 Å². The standard InChI is InChI=1S/C24H26N2O2/c1-18(21-11-7-4-8-12-21)25-19(2)24(27)26-22-13-15-23(16-14-22)28-17-20-9-5-3-6-10-20/h3-16,18-19,25H,17H2,1-2H3,(H,26,27)/t18-,19-/m1/s1. The zero-order valence-corrected chi connectivity index (χ0v) is 16.3. The quantitative estimate of drug-likeness (QED) is 0.587. The van der Waals surface area contributed by atoms with Crippen LogP contribution in [0.5, 0.6) is 5.75 Å². The van der Waals surface area contributed by atoms with Gasteiger partial charge in [-0.05, 0) is 49.2 Å². The number of carbonyl (C=O) groups excluding carboxylic acids is 1. The molecule has 3 aromatic rings. The Morgan fingerprint density at radius 3 is 2.11 bits per heavy atom. The van der Waals surface area contributed by atoms with Crippen molar-refractivity contribution in [1.29, 1.82) is 0 Å². The van der Waals surface area contributed by atoms with E-state index in [1.165, 1.54) is 0 Å². The van der Waals surface area contributed by atoms with Crippen LogP contribution in [0.3, 0.4) is 0 Å². The Bertz CT molecular complexity index is 864. The number of benzene rings is 3. The molecule has 0 saturated carbocycles. The van der Waals surface area contributed by atoms with Gasteiger partial charge in [0, 0.05) is 11.7 Å². The third-order valence-electron chi connectivity index (χ3n) is 4.56. The van der Waals surface area contributed by atoms with Crippen LogP contribution in [0.1, 0.15) is 31.0 Å². The smallest absolute Gasteiger partial charge is 0.241 e. The van der Waals surface area contributed by atoms with Gasteiger partial charge in [-0.15, -0.1) is 0 Å². The molecular formula is C24H26N2O2.